The molecule has 0 radical (unpaired) electrons. The van der Waals surface area contributed by atoms with Crippen LogP contribution >= 0.6 is 0 Å². The summed E-state index contributed by atoms with van der Waals surface area (Å²) < 4.78 is 0. The van der Waals surface area contributed by atoms with Gasteiger partial charge in [0.05, 0.1) is 12.6 Å². The average molecular weight is 255 g/mol. The molecule has 1 aliphatic carbocycles. The van der Waals surface area contributed by atoms with Gasteiger partial charge in [-0.05, 0) is 19.9 Å². The van der Waals surface area contributed by atoms with Gasteiger partial charge in [0.2, 0.25) is 5.91 Å². The molecule has 2 fully saturated rings. The Balaban J connectivity index is 1.70. The van der Waals surface area contributed by atoms with Crippen LogP contribution in [-0.4, -0.2) is 72.7 Å². The van der Waals surface area contributed by atoms with Gasteiger partial charge in [0.1, 0.15) is 0 Å². The van der Waals surface area contributed by atoms with E-state index < -0.39 is 0 Å². The van der Waals surface area contributed by atoms with Crippen molar-refractivity contribution in [3.63, 3.8) is 0 Å². The van der Waals surface area contributed by atoms with E-state index in [1.807, 2.05) is 4.90 Å². The van der Waals surface area contributed by atoms with Crippen molar-refractivity contribution >= 4 is 5.91 Å². The number of nitrogens with zero attached hydrogens (tertiary/aromatic N) is 2. The van der Waals surface area contributed by atoms with Crippen molar-refractivity contribution in [3.05, 3.63) is 0 Å². The highest BCUT2D eigenvalue weighted by Crippen LogP contribution is 2.18. The maximum absolute atomic E-state index is 12.0. The van der Waals surface area contributed by atoms with Gasteiger partial charge >= 0.3 is 0 Å². The lowest BCUT2D eigenvalue weighted by Gasteiger charge is -2.34. The van der Waals surface area contributed by atoms with Gasteiger partial charge < -0.3 is 20.2 Å². The maximum Gasteiger partial charge on any atom is 0.236 e. The van der Waals surface area contributed by atoms with Crippen molar-refractivity contribution in [2.75, 3.05) is 39.8 Å². The molecule has 2 N–H and O–H groups in total. The minimum absolute atomic E-state index is 0.107. The number of aliphatic hydroxyl groups excluding tert-OH is 1. The number of nitrogens with one attached hydrogen (secondary N) is 1. The third-order valence-electron chi connectivity index (χ3n) is 4.10. The first-order valence-electron chi connectivity index (χ1n) is 7.04. The molecule has 2 aliphatic rings. The zero-order valence-electron chi connectivity index (χ0n) is 11.3. The quantitative estimate of drug-likeness (QED) is 0.724. The fourth-order valence-corrected chi connectivity index (χ4v) is 2.74. The summed E-state index contributed by atoms with van der Waals surface area (Å²) in [6.45, 7) is 3.93. The molecule has 1 aliphatic heterocycles. The van der Waals surface area contributed by atoms with Crippen LogP contribution in [0.5, 0.6) is 0 Å². The van der Waals surface area contributed by atoms with E-state index in [0.29, 0.717) is 6.54 Å². The molecule has 0 aromatic heterocycles. The zero-order chi connectivity index (χ0) is 13.0. The van der Waals surface area contributed by atoms with E-state index in [2.05, 4.69) is 17.3 Å². The number of hydrogen-bond donors (Lipinski definition) is 2. The topological polar surface area (TPSA) is 55.8 Å². The summed E-state index contributed by atoms with van der Waals surface area (Å²) in [6.07, 6.45) is 3.82. The smallest absolute Gasteiger partial charge is 0.236 e. The minimum Gasteiger partial charge on any atom is -0.392 e. The van der Waals surface area contributed by atoms with Crippen LogP contribution in [0, 0.1) is 0 Å². The molecule has 5 nitrogen and oxygen atoms in total. The van der Waals surface area contributed by atoms with Gasteiger partial charge in [-0.15, -0.1) is 0 Å². The Morgan fingerprint density at radius 2 is 1.89 bits per heavy atom. The first kappa shape index (κ1) is 13.8. The largest absolute Gasteiger partial charge is 0.392 e. The molecule has 2 rings (SSSR count). The van der Waals surface area contributed by atoms with E-state index in [1.54, 1.807) is 0 Å². The summed E-state index contributed by atoms with van der Waals surface area (Å²) in [6, 6.07) is 0.107. The third-order valence-corrected chi connectivity index (χ3v) is 4.10. The van der Waals surface area contributed by atoms with Gasteiger partial charge in [-0.25, -0.2) is 0 Å². The SMILES string of the molecule is CN1CCN(C(=O)CNC2CCCCC2O)CC1. The molecular formula is C13H25N3O2. The van der Waals surface area contributed by atoms with E-state index >= 15 is 0 Å². The molecule has 18 heavy (non-hydrogen) atoms. The number of rotatable bonds is 3. The molecule has 2 unspecified atom stereocenters. The van der Waals surface area contributed by atoms with Crippen LogP contribution in [0.3, 0.4) is 0 Å². The maximum atomic E-state index is 12.0. The second-order valence-electron chi connectivity index (χ2n) is 5.52. The first-order chi connectivity index (χ1) is 8.66. The van der Waals surface area contributed by atoms with Crippen LogP contribution in [0.2, 0.25) is 0 Å². The van der Waals surface area contributed by atoms with Gasteiger partial charge in [0.15, 0.2) is 0 Å². The summed E-state index contributed by atoms with van der Waals surface area (Å²) in [4.78, 5) is 16.2. The molecule has 1 saturated carbocycles. The Bertz CT molecular complexity index is 277. The molecule has 1 amide bonds. The Kier molecular flexibility index (Phi) is 4.97. The van der Waals surface area contributed by atoms with E-state index in [4.69, 9.17) is 0 Å². The van der Waals surface area contributed by atoms with Crippen LogP contribution in [-0.2, 0) is 4.79 Å². The Morgan fingerprint density at radius 3 is 2.56 bits per heavy atom. The number of aliphatic hydroxyl groups is 1. The second kappa shape index (κ2) is 6.50. The lowest BCUT2D eigenvalue weighted by Crippen LogP contribution is -2.52. The number of hydrogen-bond acceptors (Lipinski definition) is 4. The summed E-state index contributed by atoms with van der Waals surface area (Å²) in [5, 5.41) is 13.1. The first-order valence-corrected chi connectivity index (χ1v) is 7.04. The molecule has 0 bridgehead atoms. The fraction of sp³-hybridized carbons (Fsp3) is 0.923. The zero-order valence-corrected chi connectivity index (χ0v) is 11.3. The lowest BCUT2D eigenvalue weighted by atomic mass is 9.92. The van der Waals surface area contributed by atoms with Gasteiger partial charge in [-0.3, -0.25) is 4.79 Å². The van der Waals surface area contributed by atoms with E-state index in [1.165, 1.54) is 0 Å². The van der Waals surface area contributed by atoms with Gasteiger partial charge in [-0.1, -0.05) is 12.8 Å². The van der Waals surface area contributed by atoms with Gasteiger partial charge in [0.25, 0.3) is 0 Å². The minimum atomic E-state index is -0.279. The van der Waals surface area contributed by atoms with Crippen LogP contribution in [0.25, 0.3) is 0 Å². The standard InChI is InChI=1S/C13H25N3O2/c1-15-6-8-16(9-7-15)13(18)10-14-11-4-2-3-5-12(11)17/h11-12,14,17H,2-10H2,1H3. The number of carbonyl (C=O) groups is 1. The van der Waals surface area contributed by atoms with Crippen LogP contribution in [0.4, 0.5) is 0 Å². The summed E-state index contributed by atoms with van der Waals surface area (Å²) >= 11 is 0. The van der Waals surface area contributed by atoms with Crippen LogP contribution < -0.4 is 5.32 Å². The molecule has 0 aromatic rings. The molecule has 0 spiro atoms. The molecule has 5 heteroatoms. The van der Waals surface area contributed by atoms with Crippen molar-refractivity contribution in [2.24, 2.45) is 0 Å². The third kappa shape index (κ3) is 3.67. The highest BCUT2D eigenvalue weighted by molar-refractivity contribution is 5.78. The highest BCUT2D eigenvalue weighted by Gasteiger charge is 2.24. The monoisotopic (exact) mass is 255 g/mol. The van der Waals surface area contributed by atoms with Crippen molar-refractivity contribution < 1.29 is 9.90 Å². The molecule has 1 heterocycles. The van der Waals surface area contributed by atoms with Crippen LogP contribution in [0.15, 0.2) is 0 Å². The van der Waals surface area contributed by atoms with Crippen molar-refractivity contribution in [1.82, 2.24) is 15.1 Å². The van der Waals surface area contributed by atoms with E-state index in [0.717, 1.165) is 51.9 Å². The Morgan fingerprint density at radius 1 is 1.22 bits per heavy atom. The summed E-state index contributed by atoms with van der Waals surface area (Å²) in [5.41, 5.74) is 0. The average Bonchev–Trinajstić information content (AvgIpc) is 2.38. The van der Waals surface area contributed by atoms with Crippen molar-refractivity contribution in [2.45, 2.75) is 37.8 Å². The molecular weight excluding hydrogens is 230 g/mol. The number of carbonyl (C=O) groups excluding carboxylic acids is 1. The Labute approximate surface area is 109 Å². The van der Waals surface area contributed by atoms with E-state index in [-0.39, 0.29) is 18.1 Å². The molecule has 104 valence electrons. The van der Waals surface area contributed by atoms with E-state index in [9.17, 15) is 9.90 Å². The molecule has 0 aromatic carbocycles. The van der Waals surface area contributed by atoms with Crippen LogP contribution in [0.1, 0.15) is 25.7 Å². The fourth-order valence-electron chi connectivity index (χ4n) is 2.74. The molecule has 1 saturated heterocycles. The number of amides is 1. The highest BCUT2D eigenvalue weighted by atomic mass is 16.3. The number of piperazine rings is 1. The summed E-state index contributed by atoms with van der Waals surface area (Å²) in [5.74, 6) is 0.167. The van der Waals surface area contributed by atoms with Gasteiger partial charge in [-0.2, -0.15) is 0 Å². The van der Waals surface area contributed by atoms with Gasteiger partial charge in [0, 0.05) is 32.2 Å². The van der Waals surface area contributed by atoms with Crippen molar-refractivity contribution in [3.8, 4) is 0 Å². The molecule has 2 atom stereocenters. The Hall–Kier alpha value is -0.650. The summed E-state index contributed by atoms with van der Waals surface area (Å²) in [7, 11) is 2.08. The normalized spacial score (nSPS) is 30.4. The predicted octanol–water partition coefficient (Wildman–Crippen LogP) is -0.346. The lowest BCUT2D eigenvalue weighted by molar-refractivity contribution is -0.132. The second-order valence-corrected chi connectivity index (χ2v) is 5.52. The number of likely N-dealkylation sites (N-methyl/N-ethyl adjacent to an activating group) is 1. The van der Waals surface area contributed by atoms with Crippen molar-refractivity contribution in [1.29, 1.82) is 0 Å². The predicted molar refractivity (Wildman–Crippen MR) is 70.3 cm³/mol.